The van der Waals surface area contributed by atoms with E-state index in [1.54, 1.807) is 12.1 Å². The van der Waals surface area contributed by atoms with Crippen LogP contribution >= 0.6 is 11.3 Å². The van der Waals surface area contributed by atoms with Crippen LogP contribution < -0.4 is 15.4 Å². The van der Waals surface area contributed by atoms with E-state index in [-0.39, 0.29) is 22.3 Å². The van der Waals surface area contributed by atoms with Crippen LogP contribution in [0.4, 0.5) is 21.2 Å². The Labute approximate surface area is 198 Å². The highest BCUT2D eigenvalue weighted by Crippen LogP contribution is 2.41. The summed E-state index contributed by atoms with van der Waals surface area (Å²) in [5.74, 6) is -0.704. The fraction of sp³-hybridized carbons (Fsp3) is 0.190. The first-order chi connectivity index (χ1) is 16.4. The number of benzene rings is 1. The lowest BCUT2D eigenvalue weighted by molar-refractivity contribution is 0.122. The number of furan rings is 1. The van der Waals surface area contributed by atoms with Crippen molar-refractivity contribution in [1.29, 1.82) is 0 Å². The highest BCUT2D eigenvalue weighted by Gasteiger charge is 2.25. The van der Waals surface area contributed by atoms with E-state index in [1.807, 2.05) is 4.90 Å². The number of anilines is 3. The molecule has 1 aromatic carbocycles. The minimum atomic E-state index is -4.11. The van der Waals surface area contributed by atoms with Crippen molar-refractivity contribution in [3.05, 3.63) is 54.7 Å². The lowest BCUT2D eigenvalue weighted by atomic mass is 10.1. The van der Waals surface area contributed by atoms with Gasteiger partial charge in [-0.1, -0.05) is 17.4 Å². The number of thiazole rings is 1. The normalized spacial score (nSPS) is 14.3. The average Bonchev–Trinajstić information content (AvgIpc) is 3.52. The second-order valence-electron chi connectivity index (χ2n) is 7.28. The van der Waals surface area contributed by atoms with Gasteiger partial charge in [-0.15, -0.1) is 0 Å². The van der Waals surface area contributed by atoms with Crippen molar-refractivity contribution < 1.29 is 22.0 Å². The third kappa shape index (κ3) is 4.32. The van der Waals surface area contributed by atoms with Crippen LogP contribution in [0, 0.1) is 5.82 Å². The summed E-state index contributed by atoms with van der Waals surface area (Å²) < 4.78 is 53.4. The molecule has 4 heterocycles. The Kier molecular flexibility index (Phi) is 5.89. The van der Waals surface area contributed by atoms with Crippen molar-refractivity contribution in [3.63, 3.8) is 0 Å². The number of nitrogens with zero attached hydrogens (tertiary/aromatic N) is 4. The van der Waals surface area contributed by atoms with E-state index in [1.165, 1.54) is 48.1 Å². The number of hydrogen-bond donors (Lipinski definition) is 2. The third-order valence-corrected chi connectivity index (χ3v) is 7.45. The van der Waals surface area contributed by atoms with Gasteiger partial charge in [0.2, 0.25) is 11.0 Å². The summed E-state index contributed by atoms with van der Waals surface area (Å²) in [5.41, 5.74) is 6.47. The van der Waals surface area contributed by atoms with E-state index < -0.39 is 15.8 Å². The predicted octanol–water partition coefficient (Wildman–Crippen LogP) is 3.22. The van der Waals surface area contributed by atoms with Crippen molar-refractivity contribution in [1.82, 2.24) is 15.0 Å². The number of ether oxygens (including phenoxy) is 1. The maximum atomic E-state index is 15.7. The number of rotatable bonds is 6. The molecule has 0 unspecified atom stereocenters. The highest BCUT2D eigenvalue weighted by molar-refractivity contribution is 7.92. The van der Waals surface area contributed by atoms with E-state index in [0.717, 1.165) is 0 Å². The van der Waals surface area contributed by atoms with Gasteiger partial charge in [0, 0.05) is 24.8 Å². The van der Waals surface area contributed by atoms with E-state index in [2.05, 4.69) is 14.7 Å². The summed E-state index contributed by atoms with van der Waals surface area (Å²) in [6.07, 6.45) is 2.74. The summed E-state index contributed by atoms with van der Waals surface area (Å²) in [5, 5.41) is 0.351. The number of nitrogen functional groups attached to an aromatic ring is 1. The van der Waals surface area contributed by atoms with Crippen LogP contribution in [0.15, 0.2) is 58.4 Å². The van der Waals surface area contributed by atoms with Gasteiger partial charge in [0.15, 0.2) is 10.9 Å². The average molecular weight is 503 g/mol. The Bertz CT molecular complexity index is 1420. The van der Waals surface area contributed by atoms with Crippen molar-refractivity contribution in [3.8, 4) is 21.8 Å². The predicted molar refractivity (Wildman–Crippen MR) is 125 cm³/mol. The zero-order chi connectivity index (χ0) is 23.7. The molecule has 0 saturated carbocycles. The molecule has 0 radical (unpaired) electrons. The van der Waals surface area contributed by atoms with Crippen LogP contribution in [0.1, 0.15) is 0 Å². The molecular weight excluding hydrogens is 483 g/mol. The molecule has 10 nitrogen and oxygen atoms in total. The standard InChI is InChI=1S/C21H19FN6O4S2/c22-17-13(3-1-4-14(17)27-34(29,30)16-5-2-10-32-16)18-19(15-6-7-24-20(23)25-15)33-21(26-18)28-8-11-31-12-9-28/h1-7,10,27H,8-9,11-12H2,(H2,23,24,25). The van der Waals surface area contributed by atoms with E-state index in [4.69, 9.17) is 19.9 Å². The van der Waals surface area contributed by atoms with Crippen LogP contribution in [0.25, 0.3) is 21.8 Å². The first-order valence-electron chi connectivity index (χ1n) is 10.2. The zero-order valence-electron chi connectivity index (χ0n) is 17.6. The van der Waals surface area contributed by atoms with Crippen LogP contribution in [0.5, 0.6) is 0 Å². The van der Waals surface area contributed by atoms with Crippen LogP contribution in [-0.4, -0.2) is 49.7 Å². The molecule has 34 heavy (non-hydrogen) atoms. The maximum Gasteiger partial charge on any atom is 0.295 e. The Hall–Kier alpha value is -3.55. The van der Waals surface area contributed by atoms with Crippen molar-refractivity contribution in [2.24, 2.45) is 0 Å². The number of nitrogens with two attached hydrogens (primary N) is 1. The third-order valence-electron chi connectivity index (χ3n) is 5.06. The molecule has 1 saturated heterocycles. The second-order valence-corrected chi connectivity index (χ2v) is 9.87. The lowest BCUT2D eigenvalue weighted by Gasteiger charge is -2.26. The SMILES string of the molecule is Nc1nccc(-c2sc(N3CCOCC3)nc2-c2cccc(NS(=O)(=O)c3ccco3)c2F)n1. The quantitative estimate of drug-likeness (QED) is 0.407. The topological polar surface area (TPSA) is 136 Å². The summed E-state index contributed by atoms with van der Waals surface area (Å²) in [6, 6.07) is 8.78. The van der Waals surface area contributed by atoms with E-state index in [9.17, 15) is 8.42 Å². The fourth-order valence-corrected chi connectivity index (χ4v) is 5.55. The number of morpholine rings is 1. The first kappa shape index (κ1) is 22.3. The first-order valence-corrected chi connectivity index (χ1v) is 12.5. The molecule has 3 aromatic heterocycles. The molecule has 1 fully saturated rings. The van der Waals surface area contributed by atoms with E-state index >= 15 is 4.39 Å². The minimum Gasteiger partial charge on any atom is -0.451 e. The molecule has 176 valence electrons. The Balaban J connectivity index is 1.60. The fourth-order valence-electron chi connectivity index (χ4n) is 3.46. The van der Waals surface area contributed by atoms with Gasteiger partial charge in [-0.25, -0.2) is 19.3 Å². The van der Waals surface area contributed by atoms with Crippen molar-refractivity contribution in [2.75, 3.05) is 41.7 Å². The van der Waals surface area contributed by atoms with E-state index in [0.29, 0.717) is 47.7 Å². The van der Waals surface area contributed by atoms with Crippen LogP contribution in [-0.2, 0) is 14.8 Å². The summed E-state index contributed by atoms with van der Waals surface area (Å²) in [6.45, 7) is 2.40. The highest BCUT2D eigenvalue weighted by atomic mass is 32.2. The number of aromatic nitrogens is 3. The monoisotopic (exact) mass is 502 g/mol. The second kappa shape index (κ2) is 9.00. The van der Waals surface area contributed by atoms with Gasteiger partial charge in [-0.05, 0) is 30.3 Å². The molecule has 0 bridgehead atoms. The largest absolute Gasteiger partial charge is 0.451 e. The molecule has 0 amide bonds. The molecular formula is C21H19FN6O4S2. The van der Waals surface area contributed by atoms with Gasteiger partial charge in [0.05, 0.1) is 41.4 Å². The van der Waals surface area contributed by atoms with Gasteiger partial charge in [0.1, 0.15) is 0 Å². The molecule has 0 atom stereocenters. The van der Waals surface area contributed by atoms with Gasteiger partial charge < -0.3 is 19.8 Å². The van der Waals surface area contributed by atoms with Gasteiger partial charge >= 0.3 is 0 Å². The van der Waals surface area contributed by atoms with Gasteiger partial charge in [-0.2, -0.15) is 8.42 Å². The molecule has 0 aliphatic carbocycles. The van der Waals surface area contributed by atoms with Crippen LogP contribution in [0.2, 0.25) is 0 Å². The molecule has 1 aliphatic heterocycles. The van der Waals surface area contributed by atoms with Gasteiger partial charge in [0.25, 0.3) is 10.0 Å². The summed E-state index contributed by atoms with van der Waals surface area (Å²) in [4.78, 5) is 15.5. The molecule has 4 aromatic rings. The lowest BCUT2D eigenvalue weighted by Crippen LogP contribution is -2.36. The molecule has 0 spiro atoms. The van der Waals surface area contributed by atoms with Crippen molar-refractivity contribution >= 4 is 38.1 Å². The molecule has 3 N–H and O–H groups in total. The summed E-state index contributed by atoms with van der Waals surface area (Å²) in [7, 11) is -4.11. The van der Waals surface area contributed by atoms with Crippen molar-refractivity contribution in [2.45, 2.75) is 5.09 Å². The number of hydrogen-bond acceptors (Lipinski definition) is 10. The molecule has 1 aliphatic rings. The van der Waals surface area contributed by atoms with Crippen LogP contribution in [0.3, 0.4) is 0 Å². The Morgan fingerprint density at radius 1 is 1.12 bits per heavy atom. The number of halogens is 1. The Morgan fingerprint density at radius 3 is 2.68 bits per heavy atom. The zero-order valence-corrected chi connectivity index (χ0v) is 19.3. The van der Waals surface area contributed by atoms with Gasteiger partial charge in [-0.3, -0.25) is 4.72 Å². The minimum absolute atomic E-state index is 0.0743. The Morgan fingerprint density at radius 2 is 1.94 bits per heavy atom. The summed E-state index contributed by atoms with van der Waals surface area (Å²) >= 11 is 1.34. The maximum absolute atomic E-state index is 15.7. The molecule has 13 heteroatoms. The molecule has 5 rings (SSSR count). The smallest absolute Gasteiger partial charge is 0.295 e. The number of sulfonamides is 1. The number of nitrogens with one attached hydrogen (secondary N) is 1.